The van der Waals surface area contributed by atoms with Gasteiger partial charge in [-0.15, -0.1) is 0 Å². The lowest BCUT2D eigenvalue weighted by atomic mass is 9.98. The fourth-order valence-electron chi connectivity index (χ4n) is 3.71. The predicted molar refractivity (Wildman–Crippen MR) is 123 cm³/mol. The summed E-state index contributed by atoms with van der Waals surface area (Å²) in [6.07, 6.45) is 3.28. The summed E-state index contributed by atoms with van der Waals surface area (Å²) in [5, 5.41) is 11.4. The van der Waals surface area contributed by atoms with Gasteiger partial charge in [0.15, 0.2) is 0 Å². The first-order valence-electron chi connectivity index (χ1n) is 9.45. The first kappa shape index (κ1) is 20.3. The van der Waals surface area contributed by atoms with Crippen LogP contribution in [0.2, 0.25) is 10.0 Å². The van der Waals surface area contributed by atoms with Gasteiger partial charge in [0, 0.05) is 33.2 Å². The normalized spacial score (nSPS) is 11.9. The lowest BCUT2D eigenvalue weighted by molar-refractivity contribution is -0.131. The van der Waals surface area contributed by atoms with Gasteiger partial charge in [-0.1, -0.05) is 53.5 Å². The Labute approximate surface area is 184 Å². The summed E-state index contributed by atoms with van der Waals surface area (Å²) in [7, 11) is 0. The number of hydrogen-bond acceptors (Lipinski definition) is 1. The van der Waals surface area contributed by atoms with Gasteiger partial charge in [-0.2, -0.15) is 0 Å². The van der Waals surface area contributed by atoms with Crippen molar-refractivity contribution in [2.45, 2.75) is 13.0 Å². The number of aromatic nitrogens is 1. The van der Waals surface area contributed by atoms with E-state index in [0.717, 1.165) is 27.6 Å². The van der Waals surface area contributed by atoms with Gasteiger partial charge in [0.25, 0.3) is 0 Å². The summed E-state index contributed by atoms with van der Waals surface area (Å²) in [6, 6.07) is 23.7. The van der Waals surface area contributed by atoms with E-state index in [1.807, 2.05) is 72.8 Å². The highest BCUT2D eigenvalue weighted by Crippen LogP contribution is 2.33. The molecule has 0 amide bonds. The Morgan fingerprint density at radius 2 is 1.47 bits per heavy atom. The Kier molecular flexibility index (Phi) is 5.67. The first-order valence-corrected chi connectivity index (χ1v) is 10.2. The molecule has 0 atom stereocenters. The Morgan fingerprint density at radius 3 is 2.00 bits per heavy atom. The average Bonchev–Trinajstić information content (AvgIpc) is 3.13. The molecule has 4 rings (SSSR count). The molecule has 0 saturated carbocycles. The summed E-state index contributed by atoms with van der Waals surface area (Å²) in [5.41, 5.74) is 4.86. The van der Waals surface area contributed by atoms with Crippen LogP contribution in [-0.4, -0.2) is 15.6 Å². The fraction of sp³-hybridized carbons (Fsp3) is 0.0800. The van der Waals surface area contributed by atoms with Crippen molar-refractivity contribution in [3.8, 4) is 0 Å². The van der Waals surface area contributed by atoms with Crippen LogP contribution in [0.25, 0.3) is 16.5 Å². The monoisotopic (exact) mass is 435 g/mol. The predicted octanol–water partition coefficient (Wildman–Crippen LogP) is 7.07. The van der Waals surface area contributed by atoms with Crippen LogP contribution in [-0.2, 0) is 4.79 Å². The zero-order valence-electron chi connectivity index (χ0n) is 16.2. The smallest absolute Gasteiger partial charge is 0.328 e. The molecular formula is C25H19Cl2NO2. The van der Waals surface area contributed by atoms with E-state index in [1.54, 1.807) is 6.92 Å². The Hall–Kier alpha value is -3.01. The van der Waals surface area contributed by atoms with Crippen LogP contribution in [0.15, 0.2) is 85.1 Å². The molecule has 5 heteroatoms. The molecule has 0 aliphatic carbocycles. The number of allylic oxidation sites excluding steroid dienone is 1. The standard InChI is InChI=1S/C25H19Cl2NO2/c1-16(14-24(29)30)19-6-11-23-20(15-19)12-13-28(23)25(17-2-7-21(26)8-3-17)18-4-9-22(27)10-5-18/h2-15,25H,1H3,(H,29,30)/b16-14+. The fourth-order valence-corrected chi connectivity index (χ4v) is 3.96. The number of hydrogen-bond donors (Lipinski definition) is 1. The zero-order valence-corrected chi connectivity index (χ0v) is 17.7. The van der Waals surface area contributed by atoms with Crippen LogP contribution in [0.5, 0.6) is 0 Å². The molecule has 3 nitrogen and oxygen atoms in total. The molecule has 0 aliphatic rings. The topological polar surface area (TPSA) is 42.2 Å². The van der Waals surface area contributed by atoms with Gasteiger partial charge in [-0.3, -0.25) is 0 Å². The van der Waals surface area contributed by atoms with Crippen LogP contribution in [0.1, 0.15) is 29.7 Å². The highest BCUT2D eigenvalue weighted by atomic mass is 35.5. The molecule has 0 radical (unpaired) electrons. The van der Waals surface area contributed by atoms with Crippen molar-refractivity contribution in [1.82, 2.24) is 4.57 Å². The van der Waals surface area contributed by atoms with E-state index < -0.39 is 5.97 Å². The third kappa shape index (κ3) is 4.13. The van der Waals surface area contributed by atoms with Crippen LogP contribution in [0.3, 0.4) is 0 Å². The third-order valence-electron chi connectivity index (χ3n) is 5.17. The van der Waals surface area contributed by atoms with Gasteiger partial charge >= 0.3 is 5.97 Å². The first-order chi connectivity index (χ1) is 14.4. The summed E-state index contributed by atoms with van der Waals surface area (Å²) in [4.78, 5) is 11.0. The molecule has 30 heavy (non-hydrogen) atoms. The number of aliphatic carboxylic acids is 1. The maximum Gasteiger partial charge on any atom is 0.328 e. The molecule has 0 bridgehead atoms. The Bertz CT molecular complexity index is 1190. The Morgan fingerprint density at radius 1 is 0.900 bits per heavy atom. The molecule has 0 fully saturated rings. The van der Waals surface area contributed by atoms with Crippen molar-refractivity contribution in [3.63, 3.8) is 0 Å². The van der Waals surface area contributed by atoms with Gasteiger partial charge in [-0.25, -0.2) is 4.79 Å². The minimum absolute atomic E-state index is 0.0569. The Balaban J connectivity index is 1.85. The van der Waals surface area contributed by atoms with E-state index in [9.17, 15) is 4.79 Å². The summed E-state index contributed by atoms with van der Waals surface area (Å²) in [6.45, 7) is 1.80. The van der Waals surface area contributed by atoms with Crippen molar-refractivity contribution in [1.29, 1.82) is 0 Å². The van der Waals surface area contributed by atoms with Gasteiger partial charge in [0.2, 0.25) is 0 Å². The number of carbonyl (C=O) groups is 1. The molecule has 150 valence electrons. The summed E-state index contributed by atoms with van der Waals surface area (Å²) < 4.78 is 2.21. The number of halogens is 2. The van der Waals surface area contributed by atoms with Crippen LogP contribution in [0.4, 0.5) is 0 Å². The van der Waals surface area contributed by atoms with Crippen LogP contribution >= 0.6 is 23.2 Å². The zero-order chi connectivity index (χ0) is 21.3. The maximum absolute atomic E-state index is 11.0. The van der Waals surface area contributed by atoms with Gasteiger partial charge in [0.05, 0.1) is 6.04 Å². The van der Waals surface area contributed by atoms with Gasteiger partial charge in [-0.05, 0) is 71.7 Å². The van der Waals surface area contributed by atoms with Crippen molar-refractivity contribution < 1.29 is 9.90 Å². The van der Waals surface area contributed by atoms with Crippen molar-refractivity contribution in [3.05, 3.63) is 112 Å². The number of fused-ring (bicyclic) bond motifs is 1. The van der Waals surface area contributed by atoms with E-state index in [2.05, 4.69) is 10.8 Å². The van der Waals surface area contributed by atoms with Gasteiger partial charge in [0.1, 0.15) is 0 Å². The largest absolute Gasteiger partial charge is 0.478 e. The minimum Gasteiger partial charge on any atom is -0.478 e. The lowest BCUT2D eigenvalue weighted by Crippen LogP contribution is -2.11. The lowest BCUT2D eigenvalue weighted by Gasteiger charge is -2.22. The van der Waals surface area contributed by atoms with E-state index in [-0.39, 0.29) is 6.04 Å². The SMILES string of the molecule is C/C(=C\C(=O)O)c1ccc2c(ccn2C(c2ccc(Cl)cc2)c2ccc(Cl)cc2)c1. The molecule has 0 aliphatic heterocycles. The van der Waals surface area contributed by atoms with E-state index >= 15 is 0 Å². The van der Waals surface area contributed by atoms with Crippen LogP contribution in [0, 0.1) is 0 Å². The molecule has 0 saturated heterocycles. The van der Waals surface area contributed by atoms with Gasteiger partial charge < -0.3 is 9.67 Å². The van der Waals surface area contributed by atoms with Crippen molar-refractivity contribution >= 4 is 45.6 Å². The third-order valence-corrected chi connectivity index (χ3v) is 5.67. The molecular weight excluding hydrogens is 417 g/mol. The molecule has 0 spiro atoms. The number of nitrogens with zero attached hydrogens (tertiary/aromatic N) is 1. The second-order valence-corrected chi connectivity index (χ2v) is 8.04. The second-order valence-electron chi connectivity index (χ2n) is 7.17. The molecule has 1 aromatic heterocycles. The number of benzene rings is 3. The summed E-state index contributed by atoms with van der Waals surface area (Å²) in [5.74, 6) is -0.948. The van der Waals surface area contributed by atoms with Crippen LogP contribution < -0.4 is 0 Å². The quantitative estimate of drug-likeness (QED) is 0.340. The maximum atomic E-state index is 11.0. The molecule has 3 aromatic carbocycles. The highest BCUT2D eigenvalue weighted by molar-refractivity contribution is 6.30. The minimum atomic E-state index is -0.948. The molecule has 4 aromatic rings. The average molecular weight is 436 g/mol. The number of carboxylic acid groups (broad SMARTS) is 1. The number of rotatable bonds is 5. The van der Waals surface area contributed by atoms with Crippen molar-refractivity contribution in [2.75, 3.05) is 0 Å². The molecule has 0 unspecified atom stereocenters. The number of carboxylic acids is 1. The summed E-state index contributed by atoms with van der Waals surface area (Å²) >= 11 is 12.2. The van der Waals surface area contributed by atoms with E-state index in [0.29, 0.717) is 15.6 Å². The van der Waals surface area contributed by atoms with E-state index in [1.165, 1.54) is 6.08 Å². The second kappa shape index (κ2) is 8.39. The highest BCUT2D eigenvalue weighted by Gasteiger charge is 2.18. The molecule has 1 N–H and O–H groups in total. The van der Waals surface area contributed by atoms with Crippen molar-refractivity contribution in [2.24, 2.45) is 0 Å². The molecule has 1 heterocycles. The van der Waals surface area contributed by atoms with E-state index in [4.69, 9.17) is 28.3 Å².